The summed E-state index contributed by atoms with van der Waals surface area (Å²) in [5.74, 6) is -1.03. The SMILES string of the molecule is CC(=O)OC(C)C(=O)Nc1nc2ccc(CCc3cn4ccc(C)cc4n3)cc2o1. The second-order valence-corrected chi connectivity index (χ2v) is 7.26. The number of anilines is 1. The molecular weight excluding hydrogens is 384 g/mol. The van der Waals surface area contributed by atoms with Gasteiger partial charge in [-0.25, -0.2) is 4.98 Å². The molecule has 0 aliphatic carbocycles. The van der Waals surface area contributed by atoms with Crippen molar-refractivity contribution in [2.24, 2.45) is 0 Å². The zero-order valence-corrected chi connectivity index (χ0v) is 17.0. The molecule has 0 saturated carbocycles. The van der Waals surface area contributed by atoms with Crippen molar-refractivity contribution in [1.29, 1.82) is 0 Å². The van der Waals surface area contributed by atoms with Gasteiger partial charge in [-0.3, -0.25) is 14.9 Å². The van der Waals surface area contributed by atoms with Crippen molar-refractivity contribution < 1.29 is 18.7 Å². The standard InChI is InChI=1S/C22H22N4O4/c1-13-8-9-26-12-17(23-20(26)10-13)6-4-16-5-7-18-19(11-16)30-22(24-18)25-21(28)14(2)29-15(3)27/h5,7-12,14H,4,6H2,1-3H3,(H,24,25,28). The minimum Gasteiger partial charge on any atom is -0.453 e. The molecule has 0 bridgehead atoms. The molecule has 3 heterocycles. The van der Waals surface area contributed by atoms with Crippen LogP contribution in [0.3, 0.4) is 0 Å². The van der Waals surface area contributed by atoms with Gasteiger partial charge < -0.3 is 13.6 Å². The first-order chi connectivity index (χ1) is 14.4. The maximum absolute atomic E-state index is 12.0. The Hall–Kier alpha value is -3.68. The first kappa shape index (κ1) is 19.6. The summed E-state index contributed by atoms with van der Waals surface area (Å²) in [5, 5.41) is 2.53. The van der Waals surface area contributed by atoms with Crippen molar-refractivity contribution in [2.45, 2.75) is 39.7 Å². The number of hydrogen-bond donors (Lipinski definition) is 1. The number of hydrogen-bond acceptors (Lipinski definition) is 6. The average molecular weight is 406 g/mol. The van der Waals surface area contributed by atoms with Gasteiger partial charge in [-0.15, -0.1) is 0 Å². The number of pyridine rings is 1. The van der Waals surface area contributed by atoms with E-state index in [1.165, 1.54) is 19.4 Å². The number of carbonyl (C=O) groups excluding carboxylic acids is 2. The summed E-state index contributed by atoms with van der Waals surface area (Å²) in [6.45, 7) is 4.78. The van der Waals surface area contributed by atoms with Crippen LogP contribution < -0.4 is 5.32 Å². The third-order valence-corrected chi connectivity index (χ3v) is 4.73. The molecule has 1 unspecified atom stereocenters. The Morgan fingerprint density at radius 3 is 2.83 bits per heavy atom. The van der Waals surface area contributed by atoms with E-state index < -0.39 is 18.0 Å². The van der Waals surface area contributed by atoms with Crippen LogP contribution in [0.2, 0.25) is 0 Å². The highest BCUT2D eigenvalue weighted by atomic mass is 16.5. The largest absolute Gasteiger partial charge is 0.453 e. The van der Waals surface area contributed by atoms with Gasteiger partial charge in [0.1, 0.15) is 11.2 Å². The molecular formula is C22H22N4O4. The van der Waals surface area contributed by atoms with Gasteiger partial charge in [0.05, 0.1) is 5.69 Å². The highest BCUT2D eigenvalue weighted by molar-refractivity contribution is 5.94. The van der Waals surface area contributed by atoms with Crippen molar-refractivity contribution in [3.63, 3.8) is 0 Å². The monoisotopic (exact) mass is 406 g/mol. The van der Waals surface area contributed by atoms with Gasteiger partial charge in [0.2, 0.25) is 0 Å². The van der Waals surface area contributed by atoms with Crippen molar-refractivity contribution in [1.82, 2.24) is 14.4 Å². The van der Waals surface area contributed by atoms with E-state index in [1.54, 1.807) is 0 Å². The number of carbonyl (C=O) groups is 2. The molecule has 1 N–H and O–H groups in total. The number of imidazole rings is 1. The van der Waals surface area contributed by atoms with Gasteiger partial charge in [-0.05, 0) is 62.1 Å². The number of aromatic nitrogens is 3. The van der Waals surface area contributed by atoms with E-state index in [0.717, 1.165) is 29.7 Å². The predicted octanol–water partition coefficient (Wildman–Crippen LogP) is 3.46. The van der Waals surface area contributed by atoms with Crippen LogP contribution in [0.25, 0.3) is 16.7 Å². The zero-order valence-electron chi connectivity index (χ0n) is 17.0. The van der Waals surface area contributed by atoms with E-state index in [9.17, 15) is 9.59 Å². The Kier molecular flexibility index (Phi) is 5.22. The second-order valence-electron chi connectivity index (χ2n) is 7.26. The molecule has 0 aliphatic rings. The van der Waals surface area contributed by atoms with Gasteiger partial charge in [-0.1, -0.05) is 6.07 Å². The number of esters is 1. The van der Waals surface area contributed by atoms with E-state index in [2.05, 4.69) is 34.3 Å². The number of ether oxygens (including phenoxy) is 1. The fourth-order valence-corrected chi connectivity index (χ4v) is 3.22. The number of fused-ring (bicyclic) bond motifs is 2. The summed E-state index contributed by atoms with van der Waals surface area (Å²) in [6.07, 6.45) is 4.72. The van der Waals surface area contributed by atoms with Gasteiger partial charge in [0.15, 0.2) is 11.7 Å². The topological polar surface area (TPSA) is 98.7 Å². The first-order valence-corrected chi connectivity index (χ1v) is 9.69. The van der Waals surface area contributed by atoms with Crippen LogP contribution in [-0.2, 0) is 27.2 Å². The first-order valence-electron chi connectivity index (χ1n) is 9.69. The lowest BCUT2D eigenvalue weighted by atomic mass is 10.1. The molecule has 8 heteroatoms. The van der Waals surface area contributed by atoms with Crippen LogP contribution >= 0.6 is 0 Å². The Morgan fingerprint density at radius 1 is 1.20 bits per heavy atom. The van der Waals surface area contributed by atoms with Gasteiger partial charge in [0.25, 0.3) is 5.91 Å². The quantitative estimate of drug-likeness (QED) is 0.493. The molecule has 1 atom stereocenters. The van der Waals surface area contributed by atoms with E-state index >= 15 is 0 Å². The molecule has 0 radical (unpaired) electrons. The molecule has 0 saturated heterocycles. The maximum Gasteiger partial charge on any atom is 0.303 e. The van der Waals surface area contributed by atoms with Crippen LogP contribution in [0.1, 0.15) is 30.7 Å². The van der Waals surface area contributed by atoms with Crippen molar-refractivity contribution in [3.8, 4) is 0 Å². The smallest absolute Gasteiger partial charge is 0.303 e. The third-order valence-electron chi connectivity index (χ3n) is 4.73. The summed E-state index contributed by atoms with van der Waals surface area (Å²) < 4.78 is 12.5. The number of oxazole rings is 1. The van der Waals surface area contributed by atoms with E-state index in [0.29, 0.717) is 11.1 Å². The summed E-state index contributed by atoms with van der Waals surface area (Å²) in [6, 6.07) is 9.93. The predicted molar refractivity (Wildman–Crippen MR) is 111 cm³/mol. The number of rotatable bonds is 6. The number of nitrogens with zero attached hydrogens (tertiary/aromatic N) is 3. The summed E-state index contributed by atoms with van der Waals surface area (Å²) in [4.78, 5) is 31.9. The molecule has 0 fully saturated rings. The van der Waals surface area contributed by atoms with Crippen LogP contribution in [0, 0.1) is 6.92 Å². The molecule has 8 nitrogen and oxygen atoms in total. The summed E-state index contributed by atoms with van der Waals surface area (Å²) >= 11 is 0. The Labute approximate surface area is 172 Å². The molecule has 30 heavy (non-hydrogen) atoms. The lowest BCUT2D eigenvalue weighted by Gasteiger charge is -2.09. The number of amides is 1. The van der Waals surface area contributed by atoms with Crippen molar-refractivity contribution in [2.75, 3.05) is 5.32 Å². The average Bonchev–Trinajstić information content (AvgIpc) is 3.27. The van der Waals surface area contributed by atoms with Crippen LogP contribution in [-0.4, -0.2) is 32.3 Å². The molecule has 4 aromatic rings. The van der Waals surface area contributed by atoms with E-state index in [4.69, 9.17) is 9.15 Å². The fourth-order valence-electron chi connectivity index (χ4n) is 3.22. The molecule has 3 aromatic heterocycles. The third kappa shape index (κ3) is 4.32. The van der Waals surface area contributed by atoms with E-state index in [1.807, 2.05) is 35.0 Å². The van der Waals surface area contributed by atoms with E-state index in [-0.39, 0.29) is 6.01 Å². The van der Waals surface area contributed by atoms with Crippen LogP contribution in [0.4, 0.5) is 6.01 Å². The normalized spacial score (nSPS) is 12.2. The maximum atomic E-state index is 12.0. The summed E-state index contributed by atoms with van der Waals surface area (Å²) in [7, 11) is 0. The van der Waals surface area contributed by atoms with Gasteiger partial charge >= 0.3 is 12.0 Å². The van der Waals surface area contributed by atoms with Crippen LogP contribution in [0.15, 0.2) is 47.1 Å². The van der Waals surface area contributed by atoms with Crippen LogP contribution in [0.5, 0.6) is 0 Å². The number of nitrogens with one attached hydrogen (secondary N) is 1. The van der Waals surface area contributed by atoms with Gasteiger partial charge in [0, 0.05) is 19.3 Å². The molecule has 154 valence electrons. The molecule has 0 aliphatic heterocycles. The molecule has 4 rings (SSSR count). The van der Waals surface area contributed by atoms with Crippen molar-refractivity contribution in [3.05, 3.63) is 59.5 Å². The fraction of sp³-hybridized carbons (Fsp3) is 0.273. The Morgan fingerprint density at radius 2 is 2.03 bits per heavy atom. The molecule has 1 amide bonds. The number of aryl methyl sites for hydroxylation is 3. The lowest BCUT2D eigenvalue weighted by molar-refractivity contribution is -0.150. The minimum absolute atomic E-state index is 0.0712. The Balaban J connectivity index is 1.44. The minimum atomic E-state index is -0.928. The highest BCUT2D eigenvalue weighted by Crippen LogP contribution is 2.21. The number of benzene rings is 1. The zero-order chi connectivity index (χ0) is 21.3. The van der Waals surface area contributed by atoms with Crippen molar-refractivity contribution >= 4 is 34.6 Å². The highest BCUT2D eigenvalue weighted by Gasteiger charge is 2.18. The molecule has 1 aromatic carbocycles. The molecule has 0 spiro atoms. The second kappa shape index (κ2) is 7.98. The lowest BCUT2D eigenvalue weighted by Crippen LogP contribution is -2.29. The summed E-state index contributed by atoms with van der Waals surface area (Å²) in [5.41, 5.74) is 5.44. The Bertz CT molecular complexity index is 1240. The van der Waals surface area contributed by atoms with Gasteiger partial charge in [-0.2, -0.15) is 4.98 Å².